The van der Waals surface area contributed by atoms with Crippen molar-refractivity contribution in [1.82, 2.24) is 9.47 Å². The molecule has 28 heavy (non-hydrogen) atoms. The van der Waals surface area contributed by atoms with Crippen molar-refractivity contribution >= 4 is 27.6 Å². The fourth-order valence-electron chi connectivity index (χ4n) is 3.15. The van der Waals surface area contributed by atoms with Gasteiger partial charge < -0.3 is 14.8 Å². The molecule has 4 nitrogen and oxygen atoms in total. The van der Waals surface area contributed by atoms with Crippen molar-refractivity contribution in [2.24, 2.45) is 0 Å². The third-order valence-corrected chi connectivity index (χ3v) is 5.20. The molecule has 0 saturated carbocycles. The van der Waals surface area contributed by atoms with Crippen LogP contribution in [0.1, 0.15) is 30.7 Å². The van der Waals surface area contributed by atoms with Crippen LogP contribution < -0.4 is 5.32 Å². The van der Waals surface area contributed by atoms with E-state index in [2.05, 4.69) is 69.3 Å². The Hall–Kier alpha value is -2.53. The first-order valence-electron chi connectivity index (χ1n) is 9.45. The van der Waals surface area contributed by atoms with Gasteiger partial charge >= 0.3 is 6.03 Å². The number of carbonyl (C=O) groups is 1. The Morgan fingerprint density at radius 3 is 2.54 bits per heavy atom. The molecule has 0 aliphatic heterocycles. The van der Waals surface area contributed by atoms with Gasteiger partial charge in [0.25, 0.3) is 0 Å². The van der Waals surface area contributed by atoms with Crippen LogP contribution in [0.4, 0.5) is 10.5 Å². The molecule has 1 heterocycles. The van der Waals surface area contributed by atoms with Gasteiger partial charge in [0.15, 0.2) is 0 Å². The lowest BCUT2D eigenvalue weighted by atomic mass is 10.1. The largest absolute Gasteiger partial charge is 0.345 e. The van der Waals surface area contributed by atoms with Gasteiger partial charge in [0.2, 0.25) is 0 Å². The van der Waals surface area contributed by atoms with E-state index in [0.29, 0.717) is 6.54 Å². The number of amides is 2. The summed E-state index contributed by atoms with van der Waals surface area (Å²) in [5.74, 6) is 0. The van der Waals surface area contributed by atoms with Crippen LogP contribution >= 0.6 is 15.9 Å². The van der Waals surface area contributed by atoms with E-state index >= 15 is 0 Å². The van der Waals surface area contributed by atoms with E-state index in [1.165, 1.54) is 11.1 Å². The van der Waals surface area contributed by atoms with Gasteiger partial charge in [-0.25, -0.2) is 4.79 Å². The van der Waals surface area contributed by atoms with Gasteiger partial charge in [-0.3, -0.25) is 0 Å². The maximum Gasteiger partial charge on any atom is 0.322 e. The number of aryl methyl sites for hydroxylation is 1. The number of anilines is 1. The topological polar surface area (TPSA) is 37.3 Å². The molecule has 0 saturated heterocycles. The maximum absolute atomic E-state index is 12.9. The fourth-order valence-corrected chi connectivity index (χ4v) is 3.41. The summed E-state index contributed by atoms with van der Waals surface area (Å²) in [6, 6.07) is 20.2. The summed E-state index contributed by atoms with van der Waals surface area (Å²) < 4.78 is 3.19. The first-order chi connectivity index (χ1) is 13.4. The number of aromatic nitrogens is 1. The average molecular weight is 440 g/mol. The Morgan fingerprint density at radius 2 is 1.86 bits per heavy atom. The number of nitrogens with one attached hydrogen (secondary N) is 1. The number of hydrogen-bond acceptors (Lipinski definition) is 1. The highest BCUT2D eigenvalue weighted by molar-refractivity contribution is 9.10. The van der Waals surface area contributed by atoms with Gasteiger partial charge in [0, 0.05) is 34.6 Å². The Balaban J connectivity index is 1.73. The lowest BCUT2D eigenvalue weighted by molar-refractivity contribution is 0.192. The highest BCUT2D eigenvalue weighted by Gasteiger charge is 2.19. The van der Waals surface area contributed by atoms with E-state index < -0.39 is 0 Å². The molecular formula is C23H26BrN3O. The van der Waals surface area contributed by atoms with Gasteiger partial charge in [0.1, 0.15) is 0 Å². The zero-order valence-corrected chi connectivity index (χ0v) is 18.1. The second kappa shape index (κ2) is 9.11. The first-order valence-corrected chi connectivity index (χ1v) is 10.2. The summed E-state index contributed by atoms with van der Waals surface area (Å²) >= 11 is 3.42. The van der Waals surface area contributed by atoms with E-state index in [-0.39, 0.29) is 12.1 Å². The summed E-state index contributed by atoms with van der Waals surface area (Å²) in [5, 5.41) is 3.00. The van der Waals surface area contributed by atoms with Gasteiger partial charge in [-0.05, 0) is 62.7 Å². The van der Waals surface area contributed by atoms with Crippen molar-refractivity contribution < 1.29 is 4.79 Å². The zero-order valence-electron chi connectivity index (χ0n) is 16.5. The molecule has 0 unspecified atom stereocenters. The molecule has 0 atom stereocenters. The second-order valence-electron chi connectivity index (χ2n) is 7.28. The van der Waals surface area contributed by atoms with Crippen LogP contribution in [0.2, 0.25) is 0 Å². The van der Waals surface area contributed by atoms with Gasteiger partial charge in [-0.1, -0.05) is 45.8 Å². The molecular weight excluding hydrogens is 414 g/mol. The lowest BCUT2D eigenvalue weighted by Crippen LogP contribution is -2.40. The minimum absolute atomic E-state index is 0.0813. The number of nitrogens with zero attached hydrogens (tertiary/aromatic N) is 2. The highest BCUT2D eigenvalue weighted by atomic mass is 79.9. The summed E-state index contributed by atoms with van der Waals surface area (Å²) in [6.07, 6.45) is 2.07. The molecule has 1 N–H and O–H groups in total. The zero-order chi connectivity index (χ0) is 20.1. The number of urea groups is 1. The Kier molecular flexibility index (Phi) is 6.57. The van der Waals surface area contributed by atoms with Gasteiger partial charge in [0.05, 0.1) is 6.54 Å². The number of hydrogen-bond donors (Lipinski definition) is 1. The van der Waals surface area contributed by atoms with Crippen LogP contribution in [0.5, 0.6) is 0 Å². The molecule has 0 radical (unpaired) electrons. The predicted molar refractivity (Wildman–Crippen MR) is 119 cm³/mol. The van der Waals surface area contributed by atoms with Gasteiger partial charge in [-0.15, -0.1) is 0 Å². The van der Waals surface area contributed by atoms with Crippen LogP contribution in [0.3, 0.4) is 0 Å². The van der Waals surface area contributed by atoms with Crippen molar-refractivity contribution in [2.75, 3.05) is 5.32 Å². The molecule has 0 aliphatic carbocycles. The molecule has 0 fully saturated rings. The van der Waals surface area contributed by atoms with E-state index in [1.54, 1.807) is 0 Å². The number of carbonyl (C=O) groups excluding carboxylic acids is 1. The highest BCUT2D eigenvalue weighted by Crippen LogP contribution is 2.17. The Bertz CT molecular complexity index is 931. The summed E-state index contributed by atoms with van der Waals surface area (Å²) in [7, 11) is 0. The van der Waals surface area contributed by atoms with Crippen LogP contribution in [-0.2, 0) is 13.1 Å². The number of halogens is 1. The Morgan fingerprint density at radius 1 is 1.11 bits per heavy atom. The summed E-state index contributed by atoms with van der Waals surface area (Å²) in [5.41, 5.74) is 4.41. The van der Waals surface area contributed by atoms with E-state index in [1.807, 2.05) is 49.1 Å². The Labute approximate surface area is 175 Å². The lowest BCUT2D eigenvalue weighted by Gasteiger charge is -2.27. The van der Waals surface area contributed by atoms with Gasteiger partial charge in [-0.2, -0.15) is 0 Å². The summed E-state index contributed by atoms with van der Waals surface area (Å²) in [6.45, 7) is 7.53. The van der Waals surface area contributed by atoms with E-state index in [4.69, 9.17) is 0 Å². The second-order valence-corrected chi connectivity index (χ2v) is 8.19. The average Bonchev–Trinajstić information content (AvgIpc) is 3.08. The molecule has 0 aliphatic rings. The molecule has 2 aromatic carbocycles. The molecule has 3 aromatic rings. The maximum atomic E-state index is 12.9. The SMILES string of the molecule is Cc1cccc(Cn2cccc2CN(C(=O)Nc2ccc(Br)cc2)C(C)C)c1. The molecule has 2 amide bonds. The van der Waals surface area contributed by atoms with Crippen molar-refractivity contribution in [3.63, 3.8) is 0 Å². The molecule has 1 aromatic heterocycles. The molecule has 146 valence electrons. The minimum Gasteiger partial charge on any atom is -0.345 e. The standard InChI is InChI=1S/C23H26BrN3O/c1-17(2)27(23(28)25-21-11-9-20(24)10-12-21)16-22-8-5-13-26(22)15-19-7-4-6-18(3)14-19/h4-14,17H,15-16H2,1-3H3,(H,25,28). The van der Waals surface area contributed by atoms with E-state index in [0.717, 1.165) is 22.4 Å². The number of rotatable bonds is 6. The third kappa shape index (κ3) is 5.26. The minimum atomic E-state index is -0.0966. The van der Waals surface area contributed by atoms with Crippen LogP contribution in [-0.4, -0.2) is 21.5 Å². The first kappa shape index (κ1) is 20.2. The van der Waals surface area contributed by atoms with Crippen LogP contribution in [0.15, 0.2) is 71.3 Å². The van der Waals surface area contributed by atoms with Crippen LogP contribution in [0.25, 0.3) is 0 Å². The van der Waals surface area contributed by atoms with E-state index in [9.17, 15) is 4.79 Å². The van der Waals surface area contributed by atoms with Crippen molar-refractivity contribution in [3.05, 3.63) is 88.2 Å². The molecule has 3 rings (SSSR count). The van der Waals surface area contributed by atoms with Crippen molar-refractivity contribution in [1.29, 1.82) is 0 Å². The van der Waals surface area contributed by atoms with Crippen molar-refractivity contribution in [2.45, 2.75) is 39.9 Å². The molecule has 5 heteroatoms. The quantitative estimate of drug-likeness (QED) is 0.498. The third-order valence-electron chi connectivity index (χ3n) is 4.67. The fraction of sp³-hybridized carbons (Fsp3) is 0.261. The van der Waals surface area contributed by atoms with Crippen LogP contribution in [0, 0.1) is 6.92 Å². The predicted octanol–water partition coefficient (Wildman–Crippen LogP) is 6.05. The smallest absolute Gasteiger partial charge is 0.322 e. The summed E-state index contributed by atoms with van der Waals surface area (Å²) in [4.78, 5) is 14.7. The molecule has 0 bridgehead atoms. The molecule has 0 spiro atoms. The monoisotopic (exact) mass is 439 g/mol. The number of benzene rings is 2. The van der Waals surface area contributed by atoms with Crippen molar-refractivity contribution in [3.8, 4) is 0 Å². The normalized spacial score (nSPS) is 10.9.